The largest absolute Gasteiger partial charge is 0.434 e. The van der Waals surface area contributed by atoms with Crippen molar-refractivity contribution in [2.45, 2.75) is 32.2 Å². The molecule has 0 radical (unpaired) electrons. The molecule has 0 bridgehead atoms. The molecule has 0 aliphatic carbocycles. The van der Waals surface area contributed by atoms with E-state index in [0.717, 1.165) is 16.7 Å². The molecule has 1 rings (SSSR count). The highest BCUT2D eigenvalue weighted by atomic mass is 32.1. The number of guanidine groups is 1. The molecule has 26 heavy (non-hydrogen) atoms. The monoisotopic (exact) mass is 405 g/mol. The van der Waals surface area contributed by atoms with Gasteiger partial charge in [-0.25, -0.2) is 9.98 Å². The Labute approximate surface area is 151 Å². The van der Waals surface area contributed by atoms with Crippen molar-refractivity contribution >= 4 is 17.3 Å². The number of aromatic nitrogens is 1. The van der Waals surface area contributed by atoms with Crippen molar-refractivity contribution in [2.75, 3.05) is 33.2 Å². The summed E-state index contributed by atoms with van der Waals surface area (Å²) in [6, 6.07) is 0. The molecule has 2 N–H and O–H groups in total. The van der Waals surface area contributed by atoms with Crippen LogP contribution in [-0.4, -0.2) is 55.2 Å². The van der Waals surface area contributed by atoms with Gasteiger partial charge in [-0.05, 0) is 26.9 Å². The van der Waals surface area contributed by atoms with Gasteiger partial charge in [-0.15, -0.1) is 11.3 Å². The Balaban J connectivity index is 2.45. The number of halogens is 6. The van der Waals surface area contributed by atoms with E-state index in [-0.39, 0.29) is 18.1 Å². The van der Waals surface area contributed by atoms with E-state index in [2.05, 4.69) is 20.6 Å². The van der Waals surface area contributed by atoms with Crippen LogP contribution in [0.4, 0.5) is 26.3 Å². The SMILES string of the molecule is CCNC(=NCc1nc(C(F)(F)F)cs1)NCCCN(C)CC(F)(F)F. The Morgan fingerprint density at radius 2 is 1.92 bits per heavy atom. The predicted molar refractivity (Wildman–Crippen MR) is 88.1 cm³/mol. The molecule has 12 heteroatoms. The van der Waals surface area contributed by atoms with Gasteiger partial charge in [0.05, 0.1) is 13.1 Å². The lowest BCUT2D eigenvalue weighted by molar-refractivity contribution is -0.143. The molecule has 0 saturated carbocycles. The number of alkyl halides is 6. The lowest BCUT2D eigenvalue weighted by Crippen LogP contribution is -2.39. The van der Waals surface area contributed by atoms with Gasteiger partial charge in [0.15, 0.2) is 11.7 Å². The average molecular weight is 405 g/mol. The highest BCUT2D eigenvalue weighted by Crippen LogP contribution is 2.30. The first-order valence-electron chi connectivity index (χ1n) is 7.80. The Hall–Kier alpha value is -1.56. The summed E-state index contributed by atoms with van der Waals surface area (Å²) < 4.78 is 74.2. The lowest BCUT2D eigenvalue weighted by Gasteiger charge is -2.18. The van der Waals surface area contributed by atoms with E-state index in [1.807, 2.05) is 6.92 Å². The molecular weight excluding hydrogens is 384 g/mol. The molecule has 0 aliphatic rings. The second kappa shape index (κ2) is 9.95. The van der Waals surface area contributed by atoms with Crippen molar-refractivity contribution < 1.29 is 26.3 Å². The summed E-state index contributed by atoms with van der Waals surface area (Å²) in [7, 11) is 1.38. The zero-order chi connectivity index (χ0) is 19.8. The second-order valence-electron chi connectivity index (χ2n) is 5.45. The maximum atomic E-state index is 12.5. The minimum Gasteiger partial charge on any atom is -0.357 e. The number of thiazole rings is 1. The van der Waals surface area contributed by atoms with Crippen LogP contribution < -0.4 is 10.6 Å². The van der Waals surface area contributed by atoms with Gasteiger partial charge in [0.2, 0.25) is 0 Å². The van der Waals surface area contributed by atoms with Crippen LogP contribution in [0, 0.1) is 0 Å². The zero-order valence-corrected chi connectivity index (χ0v) is 15.2. The molecule has 5 nitrogen and oxygen atoms in total. The molecular formula is C14H21F6N5S. The molecule has 0 unspecified atom stereocenters. The van der Waals surface area contributed by atoms with Crippen molar-refractivity contribution in [2.24, 2.45) is 4.99 Å². The van der Waals surface area contributed by atoms with Gasteiger partial charge in [-0.2, -0.15) is 26.3 Å². The topological polar surface area (TPSA) is 52.6 Å². The van der Waals surface area contributed by atoms with E-state index < -0.39 is 24.6 Å². The predicted octanol–water partition coefficient (Wildman–Crippen LogP) is 3.10. The summed E-state index contributed by atoms with van der Waals surface area (Å²) in [6.07, 6.45) is -8.27. The van der Waals surface area contributed by atoms with Crippen LogP contribution in [-0.2, 0) is 12.7 Å². The van der Waals surface area contributed by atoms with E-state index in [1.54, 1.807) is 0 Å². The van der Waals surface area contributed by atoms with Gasteiger partial charge in [-0.1, -0.05) is 0 Å². The molecule has 0 aliphatic heterocycles. The van der Waals surface area contributed by atoms with Gasteiger partial charge >= 0.3 is 12.4 Å². The summed E-state index contributed by atoms with van der Waals surface area (Å²) in [4.78, 5) is 8.79. The van der Waals surface area contributed by atoms with E-state index >= 15 is 0 Å². The number of hydrogen-bond donors (Lipinski definition) is 2. The number of hydrogen-bond acceptors (Lipinski definition) is 4. The summed E-state index contributed by atoms with van der Waals surface area (Å²) in [5.74, 6) is 0.370. The highest BCUT2D eigenvalue weighted by molar-refractivity contribution is 7.09. The fraction of sp³-hybridized carbons (Fsp3) is 0.714. The second-order valence-corrected chi connectivity index (χ2v) is 6.40. The van der Waals surface area contributed by atoms with Crippen molar-refractivity contribution in [1.82, 2.24) is 20.5 Å². The number of aliphatic imine (C=N–C) groups is 1. The molecule has 150 valence electrons. The van der Waals surface area contributed by atoms with Gasteiger partial charge < -0.3 is 10.6 Å². The average Bonchev–Trinajstić information content (AvgIpc) is 2.96. The van der Waals surface area contributed by atoms with Crippen molar-refractivity contribution in [3.05, 3.63) is 16.1 Å². The van der Waals surface area contributed by atoms with Crippen LogP contribution >= 0.6 is 11.3 Å². The van der Waals surface area contributed by atoms with E-state index in [9.17, 15) is 26.3 Å². The smallest absolute Gasteiger partial charge is 0.357 e. The number of nitrogens with one attached hydrogen (secondary N) is 2. The maximum Gasteiger partial charge on any atom is 0.434 e. The van der Waals surface area contributed by atoms with Crippen LogP contribution in [0.3, 0.4) is 0 Å². The molecule has 0 aromatic carbocycles. The third-order valence-electron chi connectivity index (χ3n) is 3.02. The molecule has 0 amide bonds. The minimum absolute atomic E-state index is 0.0238. The normalized spacial score (nSPS) is 13.3. The molecule has 0 fully saturated rings. The van der Waals surface area contributed by atoms with Crippen LogP contribution in [0.15, 0.2) is 10.4 Å². The van der Waals surface area contributed by atoms with Crippen molar-refractivity contribution in [3.8, 4) is 0 Å². The Kier molecular flexibility index (Phi) is 8.60. The van der Waals surface area contributed by atoms with Gasteiger partial charge in [0, 0.05) is 18.5 Å². The molecule has 0 atom stereocenters. The quantitative estimate of drug-likeness (QED) is 0.302. The molecule has 1 heterocycles. The summed E-state index contributed by atoms with van der Waals surface area (Å²) >= 11 is 0.867. The zero-order valence-electron chi connectivity index (χ0n) is 14.3. The summed E-state index contributed by atoms with van der Waals surface area (Å²) in [6.45, 7) is 1.97. The molecule has 1 aromatic rings. The van der Waals surface area contributed by atoms with Gasteiger partial charge in [0.25, 0.3) is 0 Å². The minimum atomic E-state index is -4.48. The van der Waals surface area contributed by atoms with Crippen LogP contribution in [0.5, 0.6) is 0 Å². The standard InChI is InChI=1S/C14H21F6N5S/c1-3-21-12(22-5-4-6-25(2)9-13(15,16)17)23-7-11-24-10(8-26-11)14(18,19)20/h8H,3-7,9H2,1-2H3,(H2,21,22,23). The highest BCUT2D eigenvalue weighted by Gasteiger charge is 2.33. The van der Waals surface area contributed by atoms with Crippen LogP contribution in [0.2, 0.25) is 0 Å². The Bertz CT molecular complexity index is 569. The fourth-order valence-electron chi connectivity index (χ4n) is 1.94. The van der Waals surface area contributed by atoms with Crippen LogP contribution in [0.25, 0.3) is 0 Å². The third-order valence-corrected chi connectivity index (χ3v) is 3.85. The lowest BCUT2D eigenvalue weighted by atomic mass is 10.4. The Morgan fingerprint density at radius 3 is 2.46 bits per heavy atom. The number of rotatable bonds is 8. The summed E-state index contributed by atoms with van der Waals surface area (Å²) in [5.41, 5.74) is -0.946. The first-order chi connectivity index (χ1) is 12.0. The van der Waals surface area contributed by atoms with Crippen molar-refractivity contribution in [3.63, 3.8) is 0 Å². The first kappa shape index (κ1) is 22.5. The third kappa shape index (κ3) is 9.22. The molecule has 0 saturated heterocycles. The van der Waals surface area contributed by atoms with E-state index in [0.29, 0.717) is 25.5 Å². The van der Waals surface area contributed by atoms with Gasteiger partial charge in [0.1, 0.15) is 5.01 Å². The van der Waals surface area contributed by atoms with E-state index in [4.69, 9.17) is 0 Å². The Morgan fingerprint density at radius 1 is 1.23 bits per heavy atom. The van der Waals surface area contributed by atoms with Crippen molar-refractivity contribution in [1.29, 1.82) is 0 Å². The molecule has 0 spiro atoms. The molecule has 1 aromatic heterocycles. The van der Waals surface area contributed by atoms with Crippen LogP contribution in [0.1, 0.15) is 24.0 Å². The number of nitrogens with zero attached hydrogens (tertiary/aromatic N) is 3. The van der Waals surface area contributed by atoms with Gasteiger partial charge in [-0.3, -0.25) is 4.90 Å². The van der Waals surface area contributed by atoms with E-state index in [1.165, 1.54) is 11.9 Å². The first-order valence-corrected chi connectivity index (χ1v) is 8.68. The fourth-order valence-corrected chi connectivity index (χ4v) is 2.67. The summed E-state index contributed by atoms with van der Waals surface area (Å²) in [5, 5.41) is 7.00. The maximum absolute atomic E-state index is 12.5.